The van der Waals surface area contributed by atoms with Gasteiger partial charge in [0.1, 0.15) is 0 Å². The minimum atomic E-state index is -3.28. The number of carbonyl (C=O) groups is 1. The molecule has 9 heteroatoms. The van der Waals surface area contributed by atoms with Gasteiger partial charge in [-0.2, -0.15) is 0 Å². The third kappa shape index (κ3) is 5.31. The number of amides is 2. The lowest BCUT2D eigenvalue weighted by atomic mass is 10.0. The molecule has 0 radical (unpaired) electrons. The molecule has 0 spiro atoms. The van der Waals surface area contributed by atoms with E-state index in [1.54, 1.807) is 12.0 Å². The van der Waals surface area contributed by atoms with E-state index in [2.05, 4.69) is 15.0 Å². The first kappa shape index (κ1) is 20.4. The molecule has 1 saturated heterocycles. The monoisotopic (exact) mass is 384 g/mol. The second kappa shape index (κ2) is 8.68. The van der Waals surface area contributed by atoms with Crippen LogP contribution in [0.25, 0.3) is 0 Å². The summed E-state index contributed by atoms with van der Waals surface area (Å²) in [5.41, 5.74) is 2.71. The second-order valence-electron chi connectivity index (χ2n) is 6.67. The molecular weight excluding hydrogens is 356 g/mol. The highest BCUT2D eigenvalue weighted by Gasteiger charge is 2.27. The molecular formula is C17H28N4O4S. The first-order chi connectivity index (χ1) is 12.3. The van der Waals surface area contributed by atoms with Crippen molar-refractivity contribution in [3.63, 3.8) is 0 Å². The minimum Gasteiger partial charge on any atom is -0.481 e. The van der Waals surface area contributed by atoms with Crippen LogP contribution in [0.2, 0.25) is 0 Å². The summed E-state index contributed by atoms with van der Waals surface area (Å²) in [5.74, 6) is 0.506. The summed E-state index contributed by atoms with van der Waals surface area (Å²) in [5, 5.41) is 2.90. The van der Waals surface area contributed by atoms with E-state index in [-0.39, 0.29) is 17.7 Å². The van der Waals surface area contributed by atoms with Crippen LogP contribution >= 0.6 is 0 Å². The van der Waals surface area contributed by atoms with Crippen LogP contribution in [-0.4, -0.2) is 57.3 Å². The van der Waals surface area contributed by atoms with Gasteiger partial charge in [-0.3, -0.25) is 0 Å². The highest BCUT2D eigenvalue weighted by molar-refractivity contribution is 7.89. The van der Waals surface area contributed by atoms with Crippen molar-refractivity contribution >= 4 is 16.1 Å². The third-order valence-electron chi connectivity index (χ3n) is 4.62. The molecule has 2 heterocycles. The lowest BCUT2D eigenvalue weighted by Crippen LogP contribution is -2.47. The molecule has 1 unspecified atom stereocenters. The lowest BCUT2D eigenvalue weighted by Gasteiger charge is -2.32. The SMILES string of the molecule is CNS(=O)(=O)CC1CCCN(C(=O)NCc2c(C)cc(C)nc2OC)C1. The van der Waals surface area contributed by atoms with Crippen LogP contribution in [0.15, 0.2) is 6.07 Å². The van der Waals surface area contributed by atoms with Gasteiger partial charge in [-0.05, 0) is 51.3 Å². The van der Waals surface area contributed by atoms with Gasteiger partial charge in [0.05, 0.1) is 19.4 Å². The Labute approximate surface area is 155 Å². The van der Waals surface area contributed by atoms with Crippen LogP contribution in [0, 0.1) is 19.8 Å². The van der Waals surface area contributed by atoms with Crippen LogP contribution in [-0.2, 0) is 16.6 Å². The zero-order valence-electron chi connectivity index (χ0n) is 15.8. The van der Waals surface area contributed by atoms with Gasteiger partial charge in [0.25, 0.3) is 0 Å². The standard InChI is InChI=1S/C17H28N4O4S/c1-12-8-13(2)20-16(25-4)15(12)9-19-17(22)21-7-5-6-14(10-21)11-26(23,24)18-3/h8,14,18H,5-7,9-11H2,1-4H3,(H,19,22). The van der Waals surface area contributed by atoms with E-state index in [1.807, 2.05) is 19.9 Å². The molecule has 0 aliphatic carbocycles. The number of carbonyl (C=O) groups excluding carboxylic acids is 1. The van der Waals surface area contributed by atoms with Gasteiger partial charge < -0.3 is 15.0 Å². The Bertz CT molecular complexity index is 751. The Kier molecular flexibility index (Phi) is 6.82. The van der Waals surface area contributed by atoms with Crippen molar-refractivity contribution in [2.45, 2.75) is 33.2 Å². The number of pyridine rings is 1. The number of ether oxygens (including phenoxy) is 1. The molecule has 1 aromatic heterocycles. The number of methoxy groups -OCH3 is 1. The average molecular weight is 385 g/mol. The largest absolute Gasteiger partial charge is 0.481 e. The fraction of sp³-hybridized carbons (Fsp3) is 0.647. The van der Waals surface area contributed by atoms with E-state index < -0.39 is 10.0 Å². The van der Waals surface area contributed by atoms with Crippen LogP contribution < -0.4 is 14.8 Å². The predicted molar refractivity (Wildman–Crippen MR) is 99.6 cm³/mol. The van der Waals surface area contributed by atoms with Crippen LogP contribution in [0.3, 0.4) is 0 Å². The molecule has 1 atom stereocenters. The highest BCUT2D eigenvalue weighted by Crippen LogP contribution is 2.21. The van der Waals surface area contributed by atoms with E-state index in [0.717, 1.165) is 29.7 Å². The van der Waals surface area contributed by atoms with Gasteiger partial charge in [0.15, 0.2) is 0 Å². The van der Waals surface area contributed by atoms with Gasteiger partial charge in [-0.15, -0.1) is 0 Å². The van der Waals surface area contributed by atoms with Crippen molar-refractivity contribution < 1.29 is 17.9 Å². The summed E-state index contributed by atoms with van der Waals surface area (Å²) in [4.78, 5) is 18.5. The van der Waals surface area contributed by atoms with E-state index in [9.17, 15) is 13.2 Å². The van der Waals surface area contributed by atoms with Crippen molar-refractivity contribution in [2.24, 2.45) is 5.92 Å². The molecule has 0 bridgehead atoms. The van der Waals surface area contributed by atoms with Gasteiger partial charge in [0.2, 0.25) is 15.9 Å². The van der Waals surface area contributed by atoms with Gasteiger partial charge in [-0.25, -0.2) is 22.9 Å². The number of likely N-dealkylation sites (tertiary alicyclic amines) is 1. The number of aryl methyl sites for hydroxylation is 2. The number of nitrogens with zero attached hydrogens (tertiary/aromatic N) is 2. The summed E-state index contributed by atoms with van der Waals surface area (Å²) >= 11 is 0. The fourth-order valence-electron chi connectivity index (χ4n) is 3.27. The fourth-order valence-corrected chi connectivity index (χ4v) is 4.33. The number of nitrogens with one attached hydrogen (secondary N) is 2. The first-order valence-corrected chi connectivity index (χ1v) is 10.4. The van der Waals surface area contributed by atoms with E-state index in [4.69, 9.17) is 4.74 Å². The van der Waals surface area contributed by atoms with Crippen molar-refractivity contribution in [1.82, 2.24) is 19.9 Å². The van der Waals surface area contributed by atoms with Crippen molar-refractivity contribution in [3.05, 3.63) is 22.9 Å². The van der Waals surface area contributed by atoms with Crippen molar-refractivity contribution in [1.29, 1.82) is 0 Å². The summed E-state index contributed by atoms with van der Waals surface area (Å²) in [7, 11) is -0.305. The van der Waals surface area contributed by atoms with E-state index in [1.165, 1.54) is 7.05 Å². The summed E-state index contributed by atoms with van der Waals surface area (Å²) in [6.07, 6.45) is 1.60. The van der Waals surface area contributed by atoms with Gasteiger partial charge >= 0.3 is 6.03 Å². The number of hydrogen-bond donors (Lipinski definition) is 2. The molecule has 26 heavy (non-hydrogen) atoms. The minimum absolute atomic E-state index is 0.0437. The maximum absolute atomic E-state index is 12.5. The number of rotatable bonds is 6. The molecule has 8 nitrogen and oxygen atoms in total. The Morgan fingerprint density at radius 2 is 2.15 bits per heavy atom. The molecule has 1 aliphatic heterocycles. The molecule has 1 fully saturated rings. The Hall–Kier alpha value is -1.87. The second-order valence-corrected chi connectivity index (χ2v) is 8.64. The first-order valence-electron chi connectivity index (χ1n) is 8.71. The van der Waals surface area contributed by atoms with E-state index >= 15 is 0 Å². The molecule has 1 aliphatic rings. The quantitative estimate of drug-likeness (QED) is 0.767. The number of aromatic nitrogens is 1. The summed E-state index contributed by atoms with van der Waals surface area (Å²) in [6.45, 7) is 5.24. The molecule has 1 aromatic rings. The Balaban J connectivity index is 1.98. The molecule has 2 amide bonds. The number of hydrogen-bond acceptors (Lipinski definition) is 5. The average Bonchev–Trinajstić information content (AvgIpc) is 2.60. The zero-order chi connectivity index (χ0) is 19.3. The smallest absolute Gasteiger partial charge is 0.317 e. The predicted octanol–water partition coefficient (Wildman–Crippen LogP) is 1.18. The van der Waals surface area contributed by atoms with Crippen LogP contribution in [0.5, 0.6) is 5.88 Å². The van der Waals surface area contributed by atoms with Crippen molar-refractivity contribution in [3.8, 4) is 5.88 Å². The topological polar surface area (TPSA) is 101 Å². The highest BCUT2D eigenvalue weighted by atomic mass is 32.2. The third-order valence-corrected chi connectivity index (χ3v) is 6.15. The lowest BCUT2D eigenvalue weighted by molar-refractivity contribution is 0.169. The van der Waals surface area contributed by atoms with Gasteiger partial charge in [0, 0.05) is 24.3 Å². The number of sulfonamides is 1. The van der Waals surface area contributed by atoms with Crippen LogP contribution in [0.4, 0.5) is 4.79 Å². The maximum Gasteiger partial charge on any atom is 0.317 e. The van der Waals surface area contributed by atoms with Crippen molar-refractivity contribution in [2.75, 3.05) is 33.0 Å². The zero-order valence-corrected chi connectivity index (χ0v) is 16.6. The maximum atomic E-state index is 12.5. The molecule has 2 rings (SSSR count). The molecule has 146 valence electrons. The summed E-state index contributed by atoms with van der Waals surface area (Å²) in [6, 6.07) is 1.75. The number of urea groups is 1. The number of piperidine rings is 1. The van der Waals surface area contributed by atoms with Gasteiger partial charge in [-0.1, -0.05) is 0 Å². The molecule has 0 saturated carbocycles. The molecule has 2 N–H and O–H groups in total. The summed E-state index contributed by atoms with van der Waals surface area (Å²) < 4.78 is 31.1. The normalized spacial score (nSPS) is 17.8. The van der Waals surface area contributed by atoms with Crippen LogP contribution in [0.1, 0.15) is 29.7 Å². The Morgan fingerprint density at radius 3 is 2.81 bits per heavy atom. The molecule has 0 aromatic carbocycles. The van der Waals surface area contributed by atoms with E-state index in [0.29, 0.717) is 25.5 Å². The Morgan fingerprint density at radius 1 is 1.42 bits per heavy atom.